The van der Waals surface area contributed by atoms with Gasteiger partial charge < -0.3 is 15.5 Å². The summed E-state index contributed by atoms with van der Waals surface area (Å²) in [6.45, 7) is 7.93. The van der Waals surface area contributed by atoms with Crippen LogP contribution in [0.1, 0.15) is 56.6 Å². The molecule has 0 unspecified atom stereocenters. The SMILES string of the molecule is CC(C)c1cnn2c(NCc3ccccc3-c3nnn(C)n3)nc(N3CCC4(CCCN4)CC3)nc12. The van der Waals surface area contributed by atoms with Crippen molar-refractivity contribution in [1.29, 1.82) is 0 Å². The van der Waals surface area contributed by atoms with E-state index in [1.807, 2.05) is 28.9 Å². The zero-order valence-corrected chi connectivity index (χ0v) is 21.1. The maximum absolute atomic E-state index is 5.00. The van der Waals surface area contributed by atoms with Crippen molar-refractivity contribution in [2.75, 3.05) is 29.9 Å². The number of aromatic nitrogens is 8. The van der Waals surface area contributed by atoms with Gasteiger partial charge >= 0.3 is 0 Å². The van der Waals surface area contributed by atoms with Crippen LogP contribution in [-0.2, 0) is 13.6 Å². The first-order valence-electron chi connectivity index (χ1n) is 12.8. The second-order valence-corrected chi connectivity index (χ2v) is 10.2. The van der Waals surface area contributed by atoms with E-state index in [-0.39, 0.29) is 0 Å². The van der Waals surface area contributed by atoms with Gasteiger partial charge in [-0.1, -0.05) is 38.1 Å². The first-order chi connectivity index (χ1) is 17.5. The van der Waals surface area contributed by atoms with Crippen LogP contribution in [0.5, 0.6) is 0 Å². The average Bonchev–Trinajstić information content (AvgIpc) is 3.63. The summed E-state index contributed by atoms with van der Waals surface area (Å²) in [4.78, 5) is 13.8. The largest absolute Gasteiger partial charge is 0.350 e. The Hall–Kier alpha value is -3.60. The molecule has 2 saturated heterocycles. The Labute approximate surface area is 210 Å². The van der Waals surface area contributed by atoms with Gasteiger partial charge in [-0.05, 0) is 48.9 Å². The Balaban J connectivity index is 1.31. The highest BCUT2D eigenvalue weighted by Gasteiger charge is 2.37. The summed E-state index contributed by atoms with van der Waals surface area (Å²) < 4.78 is 1.83. The molecular formula is C25H33N11. The Morgan fingerprint density at radius 1 is 1.11 bits per heavy atom. The molecule has 6 rings (SSSR count). The second-order valence-electron chi connectivity index (χ2n) is 10.2. The number of tetrazole rings is 1. The van der Waals surface area contributed by atoms with Crippen LogP contribution in [0.3, 0.4) is 0 Å². The third-order valence-electron chi connectivity index (χ3n) is 7.54. The molecule has 0 amide bonds. The molecular weight excluding hydrogens is 454 g/mol. The minimum atomic E-state index is 0.305. The highest BCUT2D eigenvalue weighted by Crippen LogP contribution is 2.33. The van der Waals surface area contributed by atoms with Gasteiger partial charge in [0.25, 0.3) is 0 Å². The topological polar surface area (TPSA) is 114 Å². The molecule has 5 heterocycles. The van der Waals surface area contributed by atoms with E-state index in [4.69, 9.17) is 9.97 Å². The fraction of sp³-hybridized carbons (Fsp3) is 0.520. The molecule has 1 aromatic carbocycles. The molecule has 4 aromatic rings. The monoisotopic (exact) mass is 487 g/mol. The Morgan fingerprint density at radius 2 is 1.94 bits per heavy atom. The number of nitrogens with one attached hydrogen (secondary N) is 2. The fourth-order valence-electron chi connectivity index (χ4n) is 5.44. The third-order valence-corrected chi connectivity index (χ3v) is 7.54. The predicted octanol–water partition coefficient (Wildman–Crippen LogP) is 2.77. The number of aryl methyl sites for hydroxylation is 1. The van der Waals surface area contributed by atoms with Gasteiger partial charge in [-0.3, -0.25) is 0 Å². The van der Waals surface area contributed by atoms with Crippen LogP contribution in [0, 0.1) is 0 Å². The number of piperidine rings is 1. The molecule has 11 nitrogen and oxygen atoms in total. The summed E-state index contributed by atoms with van der Waals surface area (Å²) in [6.07, 6.45) is 6.70. The highest BCUT2D eigenvalue weighted by atomic mass is 15.6. The number of rotatable bonds is 6. The van der Waals surface area contributed by atoms with Crippen LogP contribution >= 0.6 is 0 Å². The Morgan fingerprint density at radius 3 is 2.67 bits per heavy atom. The van der Waals surface area contributed by atoms with Crippen molar-refractivity contribution in [2.24, 2.45) is 7.05 Å². The van der Waals surface area contributed by atoms with Gasteiger partial charge in [0.15, 0.2) is 5.65 Å². The number of hydrogen-bond acceptors (Lipinski definition) is 9. The van der Waals surface area contributed by atoms with Crippen LogP contribution in [0.25, 0.3) is 17.0 Å². The van der Waals surface area contributed by atoms with E-state index in [0.29, 0.717) is 29.8 Å². The molecule has 0 atom stereocenters. The van der Waals surface area contributed by atoms with E-state index in [9.17, 15) is 0 Å². The standard InChI is InChI=1S/C25H33N11/c1-17(2)20-16-28-36-22(20)29-24(35-13-10-25(11-14-35)9-6-12-27-25)30-23(36)26-15-18-7-4-5-8-19(18)21-31-33-34(3)32-21/h4-5,7-8,16-17,27H,6,9-15H2,1-3H3,(H,26,29,30). The fourth-order valence-corrected chi connectivity index (χ4v) is 5.44. The number of nitrogens with zero attached hydrogens (tertiary/aromatic N) is 9. The normalized spacial score (nSPS) is 17.5. The number of anilines is 2. The molecule has 0 radical (unpaired) electrons. The van der Waals surface area contributed by atoms with E-state index in [1.54, 1.807) is 7.05 Å². The zero-order valence-electron chi connectivity index (χ0n) is 21.1. The van der Waals surface area contributed by atoms with Crippen LogP contribution in [-0.4, -0.2) is 65.0 Å². The first kappa shape index (κ1) is 22.8. The lowest BCUT2D eigenvalue weighted by Gasteiger charge is -2.39. The van der Waals surface area contributed by atoms with Crippen molar-refractivity contribution < 1.29 is 0 Å². The maximum atomic E-state index is 5.00. The number of benzene rings is 1. The molecule has 2 aliphatic rings. The van der Waals surface area contributed by atoms with Crippen LogP contribution in [0.4, 0.5) is 11.9 Å². The van der Waals surface area contributed by atoms with Crippen molar-refractivity contribution in [2.45, 2.75) is 57.5 Å². The predicted molar refractivity (Wildman–Crippen MR) is 138 cm³/mol. The minimum Gasteiger partial charge on any atom is -0.350 e. The smallest absolute Gasteiger partial charge is 0.230 e. The Kier molecular flexibility index (Phi) is 5.79. The van der Waals surface area contributed by atoms with Crippen molar-refractivity contribution in [3.05, 3.63) is 41.6 Å². The summed E-state index contributed by atoms with van der Waals surface area (Å²) in [6, 6.07) is 8.09. The zero-order chi connectivity index (χ0) is 24.7. The van der Waals surface area contributed by atoms with Gasteiger partial charge in [-0.25, -0.2) is 0 Å². The summed E-state index contributed by atoms with van der Waals surface area (Å²) in [5.74, 6) is 2.37. The summed E-state index contributed by atoms with van der Waals surface area (Å²) in [5.41, 5.74) is 4.29. The second kappa shape index (κ2) is 9.12. The molecule has 0 aliphatic carbocycles. The van der Waals surface area contributed by atoms with E-state index in [0.717, 1.165) is 60.8 Å². The molecule has 2 fully saturated rings. The molecule has 11 heteroatoms. The van der Waals surface area contributed by atoms with Gasteiger partial charge in [0.1, 0.15) is 0 Å². The molecule has 36 heavy (non-hydrogen) atoms. The minimum absolute atomic E-state index is 0.305. The van der Waals surface area contributed by atoms with E-state index >= 15 is 0 Å². The van der Waals surface area contributed by atoms with Crippen LogP contribution in [0.2, 0.25) is 0 Å². The lowest BCUT2D eigenvalue weighted by atomic mass is 9.86. The van der Waals surface area contributed by atoms with Crippen molar-refractivity contribution >= 4 is 17.5 Å². The molecule has 0 saturated carbocycles. The molecule has 0 bridgehead atoms. The number of hydrogen-bond donors (Lipinski definition) is 2. The number of fused-ring (bicyclic) bond motifs is 1. The lowest BCUT2D eigenvalue weighted by molar-refractivity contribution is 0.295. The summed E-state index contributed by atoms with van der Waals surface area (Å²) in [5, 5.41) is 24.5. The first-order valence-corrected chi connectivity index (χ1v) is 12.8. The molecule has 2 N–H and O–H groups in total. The molecule has 2 aliphatic heterocycles. The lowest BCUT2D eigenvalue weighted by Crippen LogP contribution is -2.50. The molecule has 3 aromatic heterocycles. The van der Waals surface area contributed by atoms with Gasteiger partial charge in [0, 0.05) is 36.3 Å². The summed E-state index contributed by atoms with van der Waals surface area (Å²) in [7, 11) is 1.77. The van der Waals surface area contributed by atoms with Gasteiger partial charge in [0.2, 0.25) is 17.7 Å². The maximum Gasteiger partial charge on any atom is 0.230 e. The quantitative estimate of drug-likeness (QED) is 0.424. The molecule has 188 valence electrons. The van der Waals surface area contributed by atoms with E-state index in [1.165, 1.54) is 17.6 Å². The van der Waals surface area contributed by atoms with Crippen LogP contribution < -0.4 is 15.5 Å². The average molecular weight is 488 g/mol. The third kappa shape index (κ3) is 4.17. The van der Waals surface area contributed by atoms with E-state index < -0.39 is 0 Å². The van der Waals surface area contributed by atoms with Crippen molar-refractivity contribution in [1.82, 2.24) is 45.1 Å². The highest BCUT2D eigenvalue weighted by molar-refractivity contribution is 5.61. The summed E-state index contributed by atoms with van der Waals surface area (Å²) >= 11 is 0. The van der Waals surface area contributed by atoms with E-state index in [2.05, 4.69) is 56.0 Å². The van der Waals surface area contributed by atoms with Gasteiger partial charge in [-0.15, -0.1) is 10.2 Å². The van der Waals surface area contributed by atoms with Gasteiger partial charge in [-0.2, -0.15) is 24.4 Å². The van der Waals surface area contributed by atoms with Crippen molar-refractivity contribution in [3.8, 4) is 11.4 Å². The van der Waals surface area contributed by atoms with Crippen LogP contribution in [0.15, 0.2) is 30.5 Å². The molecule has 1 spiro atoms. The van der Waals surface area contributed by atoms with Gasteiger partial charge in [0.05, 0.1) is 13.2 Å². The van der Waals surface area contributed by atoms with Crippen molar-refractivity contribution in [3.63, 3.8) is 0 Å². The Bertz CT molecular complexity index is 1360.